The lowest BCUT2D eigenvalue weighted by atomic mass is 10.2. The molecule has 0 fully saturated rings. The van der Waals surface area contributed by atoms with E-state index in [0.717, 1.165) is 33.7 Å². The fourth-order valence-electron chi connectivity index (χ4n) is 2.09. The molecule has 19 heavy (non-hydrogen) atoms. The Morgan fingerprint density at radius 2 is 2.21 bits per heavy atom. The Kier molecular flexibility index (Phi) is 3.06. The first kappa shape index (κ1) is 11.9. The number of para-hydroxylation sites is 1. The molecular weight excluding hydrogens is 256 g/mol. The fourth-order valence-corrected chi connectivity index (χ4v) is 3.17. The Morgan fingerprint density at radius 1 is 1.37 bits per heavy atom. The Balaban J connectivity index is 2.05. The molecule has 0 bridgehead atoms. The first-order chi connectivity index (χ1) is 9.29. The standard InChI is InChI=1S/C15H12N2OS/c1-10-14(7-4-8-16)19-15(17-10)12-9-18-13-6-3-2-5-11(12)13/h2-3,5-6,9H,4,7H2,1H3. The van der Waals surface area contributed by atoms with Gasteiger partial charge in [0, 0.05) is 16.7 Å². The lowest BCUT2D eigenvalue weighted by Crippen LogP contribution is -1.82. The van der Waals surface area contributed by atoms with E-state index >= 15 is 0 Å². The van der Waals surface area contributed by atoms with Gasteiger partial charge in [0.25, 0.3) is 0 Å². The molecule has 94 valence electrons. The molecule has 0 saturated heterocycles. The summed E-state index contributed by atoms with van der Waals surface area (Å²) < 4.78 is 5.55. The number of rotatable bonds is 3. The number of hydrogen-bond donors (Lipinski definition) is 0. The van der Waals surface area contributed by atoms with Crippen molar-refractivity contribution in [3.05, 3.63) is 41.1 Å². The van der Waals surface area contributed by atoms with E-state index < -0.39 is 0 Å². The topological polar surface area (TPSA) is 49.8 Å². The minimum Gasteiger partial charge on any atom is -0.464 e. The minimum absolute atomic E-state index is 0.536. The summed E-state index contributed by atoms with van der Waals surface area (Å²) in [7, 11) is 0. The maximum atomic E-state index is 8.67. The van der Waals surface area contributed by atoms with Crippen molar-refractivity contribution in [3.63, 3.8) is 0 Å². The van der Waals surface area contributed by atoms with E-state index in [1.165, 1.54) is 4.88 Å². The fraction of sp³-hybridized carbons (Fsp3) is 0.200. The van der Waals surface area contributed by atoms with Crippen molar-refractivity contribution in [3.8, 4) is 16.6 Å². The average Bonchev–Trinajstić information content (AvgIpc) is 3.00. The summed E-state index contributed by atoms with van der Waals surface area (Å²) in [6, 6.07) is 10.1. The van der Waals surface area contributed by atoms with Gasteiger partial charge in [-0.15, -0.1) is 11.3 Å². The van der Waals surface area contributed by atoms with Crippen LogP contribution in [0.3, 0.4) is 0 Å². The van der Waals surface area contributed by atoms with Crippen LogP contribution in [-0.2, 0) is 6.42 Å². The Labute approximate surface area is 115 Å². The minimum atomic E-state index is 0.536. The van der Waals surface area contributed by atoms with Gasteiger partial charge in [-0.05, 0) is 19.4 Å². The van der Waals surface area contributed by atoms with Crippen LogP contribution in [0.2, 0.25) is 0 Å². The molecular formula is C15H12N2OS. The molecule has 0 aliphatic rings. The van der Waals surface area contributed by atoms with Crippen molar-refractivity contribution in [1.82, 2.24) is 4.98 Å². The largest absolute Gasteiger partial charge is 0.464 e. The van der Waals surface area contributed by atoms with Crippen molar-refractivity contribution >= 4 is 22.3 Å². The number of hydrogen-bond acceptors (Lipinski definition) is 4. The summed E-state index contributed by atoms with van der Waals surface area (Å²) in [4.78, 5) is 5.79. The molecule has 3 rings (SSSR count). The quantitative estimate of drug-likeness (QED) is 0.710. The van der Waals surface area contributed by atoms with Gasteiger partial charge in [-0.2, -0.15) is 5.26 Å². The van der Waals surface area contributed by atoms with E-state index in [0.29, 0.717) is 6.42 Å². The molecule has 0 spiro atoms. The molecule has 0 N–H and O–H groups in total. The number of thiazole rings is 1. The second kappa shape index (κ2) is 4.87. The number of fused-ring (bicyclic) bond motifs is 1. The molecule has 0 unspecified atom stereocenters. The maximum absolute atomic E-state index is 8.67. The summed E-state index contributed by atoms with van der Waals surface area (Å²) >= 11 is 1.65. The van der Waals surface area contributed by atoms with Gasteiger partial charge in [0.2, 0.25) is 0 Å². The molecule has 0 atom stereocenters. The monoisotopic (exact) mass is 268 g/mol. The van der Waals surface area contributed by atoms with E-state index in [1.54, 1.807) is 17.6 Å². The predicted molar refractivity (Wildman–Crippen MR) is 76.0 cm³/mol. The molecule has 0 aliphatic carbocycles. The van der Waals surface area contributed by atoms with Crippen LogP contribution in [0.5, 0.6) is 0 Å². The molecule has 3 nitrogen and oxygen atoms in total. The highest BCUT2D eigenvalue weighted by Crippen LogP contribution is 2.34. The van der Waals surface area contributed by atoms with Gasteiger partial charge >= 0.3 is 0 Å². The highest BCUT2D eigenvalue weighted by molar-refractivity contribution is 7.15. The van der Waals surface area contributed by atoms with Gasteiger partial charge in [-0.1, -0.05) is 18.2 Å². The zero-order valence-corrected chi connectivity index (χ0v) is 11.3. The number of benzene rings is 1. The van der Waals surface area contributed by atoms with Crippen LogP contribution >= 0.6 is 11.3 Å². The normalized spacial score (nSPS) is 10.7. The van der Waals surface area contributed by atoms with Gasteiger partial charge in [0.1, 0.15) is 16.9 Å². The van der Waals surface area contributed by atoms with Crippen LogP contribution < -0.4 is 0 Å². The van der Waals surface area contributed by atoms with Crippen LogP contribution in [0.25, 0.3) is 21.5 Å². The van der Waals surface area contributed by atoms with Crippen molar-refractivity contribution in [2.75, 3.05) is 0 Å². The smallest absolute Gasteiger partial charge is 0.134 e. The summed E-state index contributed by atoms with van der Waals surface area (Å²) in [5, 5.41) is 10.7. The average molecular weight is 268 g/mol. The summed E-state index contributed by atoms with van der Waals surface area (Å²) in [6.07, 6.45) is 3.07. The van der Waals surface area contributed by atoms with Gasteiger partial charge in [0.05, 0.1) is 17.3 Å². The Morgan fingerprint density at radius 3 is 3.05 bits per heavy atom. The van der Waals surface area contributed by atoms with Crippen molar-refractivity contribution in [1.29, 1.82) is 5.26 Å². The number of aryl methyl sites for hydroxylation is 2. The number of aromatic nitrogens is 1. The zero-order chi connectivity index (χ0) is 13.2. The van der Waals surface area contributed by atoms with Crippen molar-refractivity contribution in [2.45, 2.75) is 19.8 Å². The van der Waals surface area contributed by atoms with Gasteiger partial charge < -0.3 is 4.42 Å². The second-order valence-electron chi connectivity index (χ2n) is 4.33. The van der Waals surface area contributed by atoms with Crippen LogP contribution in [0.1, 0.15) is 17.0 Å². The van der Waals surface area contributed by atoms with Crippen LogP contribution in [0.4, 0.5) is 0 Å². The highest BCUT2D eigenvalue weighted by Gasteiger charge is 2.13. The van der Waals surface area contributed by atoms with E-state index in [-0.39, 0.29) is 0 Å². The molecule has 0 radical (unpaired) electrons. The molecule has 3 aromatic rings. The van der Waals surface area contributed by atoms with Crippen LogP contribution in [-0.4, -0.2) is 4.98 Å². The first-order valence-corrected chi connectivity index (χ1v) is 6.91. The third kappa shape index (κ3) is 2.13. The highest BCUT2D eigenvalue weighted by atomic mass is 32.1. The molecule has 0 saturated carbocycles. The summed E-state index contributed by atoms with van der Waals surface area (Å²) in [5.74, 6) is 0. The van der Waals surface area contributed by atoms with Crippen LogP contribution in [0, 0.1) is 18.3 Å². The molecule has 0 aliphatic heterocycles. The number of nitrogens with zero attached hydrogens (tertiary/aromatic N) is 2. The first-order valence-electron chi connectivity index (χ1n) is 6.09. The van der Waals surface area contributed by atoms with E-state index in [2.05, 4.69) is 11.1 Å². The second-order valence-corrected chi connectivity index (χ2v) is 5.41. The Bertz CT molecular complexity index is 764. The number of furan rings is 1. The molecule has 2 aromatic heterocycles. The van der Waals surface area contributed by atoms with Crippen molar-refractivity contribution in [2.24, 2.45) is 0 Å². The molecule has 4 heteroatoms. The van der Waals surface area contributed by atoms with Gasteiger partial charge in [-0.3, -0.25) is 0 Å². The SMILES string of the molecule is Cc1nc(-c2coc3ccccc23)sc1CCC#N. The maximum Gasteiger partial charge on any atom is 0.134 e. The Hall–Kier alpha value is -2.12. The van der Waals surface area contributed by atoms with Crippen LogP contribution in [0.15, 0.2) is 34.9 Å². The summed E-state index contributed by atoms with van der Waals surface area (Å²) in [6.45, 7) is 2.00. The molecule has 0 amide bonds. The lowest BCUT2D eigenvalue weighted by molar-refractivity contribution is 0.617. The van der Waals surface area contributed by atoms with E-state index in [1.807, 2.05) is 31.2 Å². The summed E-state index contributed by atoms with van der Waals surface area (Å²) in [5.41, 5.74) is 2.93. The van der Waals surface area contributed by atoms with E-state index in [4.69, 9.17) is 9.68 Å². The predicted octanol–water partition coefficient (Wildman–Crippen LogP) is 4.32. The molecule has 2 heterocycles. The molecule has 1 aromatic carbocycles. The number of nitriles is 1. The third-order valence-corrected chi connectivity index (χ3v) is 4.32. The van der Waals surface area contributed by atoms with Gasteiger partial charge in [-0.25, -0.2) is 4.98 Å². The van der Waals surface area contributed by atoms with Gasteiger partial charge in [0.15, 0.2) is 0 Å². The van der Waals surface area contributed by atoms with Crippen molar-refractivity contribution < 1.29 is 4.42 Å². The third-order valence-electron chi connectivity index (χ3n) is 3.07. The lowest BCUT2D eigenvalue weighted by Gasteiger charge is -1.91. The zero-order valence-electron chi connectivity index (χ0n) is 10.5. The van der Waals surface area contributed by atoms with E-state index in [9.17, 15) is 0 Å².